The molecule has 1 heterocycles. The summed E-state index contributed by atoms with van der Waals surface area (Å²) >= 11 is 0. The lowest BCUT2D eigenvalue weighted by Crippen LogP contribution is -2.66. The van der Waals surface area contributed by atoms with Crippen LogP contribution in [-0.4, -0.2) is 92.7 Å². The van der Waals surface area contributed by atoms with Gasteiger partial charge in [0.1, 0.15) is 11.8 Å². The van der Waals surface area contributed by atoms with E-state index in [1.54, 1.807) is 11.9 Å². The van der Waals surface area contributed by atoms with Gasteiger partial charge in [0.15, 0.2) is 6.10 Å². The van der Waals surface area contributed by atoms with E-state index in [0.29, 0.717) is 32.2 Å². The molecular formula is C44H62N4O7Si. The van der Waals surface area contributed by atoms with Crippen LogP contribution in [0.15, 0.2) is 48.5 Å². The van der Waals surface area contributed by atoms with Gasteiger partial charge >= 0.3 is 5.97 Å². The zero-order chi connectivity index (χ0) is 39.8. The number of ether oxygens (including phenoxy) is 1. The lowest BCUT2D eigenvalue weighted by molar-refractivity contribution is -0.149. The molecule has 4 N–H and O–H groups in total. The highest BCUT2D eigenvalue weighted by atomic mass is 28.2. The summed E-state index contributed by atoms with van der Waals surface area (Å²) in [5, 5.41) is 19.0. The maximum atomic E-state index is 14.8. The fraction of sp³-hybridized carbons (Fsp3) is 0.614. The van der Waals surface area contributed by atoms with Gasteiger partial charge < -0.3 is 30.7 Å². The molecule has 0 aromatic heterocycles. The highest BCUT2D eigenvalue weighted by Gasteiger charge is 2.47. The van der Waals surface area contributed by atoms with Crippen LogP contribution in [0.2, 0.25) is 6.55 Å². The third kappa shape index (κ3) is 9.39. The summed E-state index contributed by atoms with van der Waals surface area (Å²) in [4.78, 5) is 70.6. The molecule has 4 aliphatic rings. The number of nitrogens with zero attached hydrogens (tertiary/aromatic N) is 1. The quantitative estimate of drug-likeness (QED) is 0.128. The number of nitrogens with one attached hydrogen (secondary N) is 3. The van der Waals surface area contributed by atoms with E-state index in [4.69, 9.17) is 4.74 Å². The standard InChI is InChI=1S/C44H62N4O7Si/c1-4-24-44(56-3,43(54)47-37(26-29-15-12-25-45-40(29)51)39(50)41(52)46-30-20-21-30)48(2)42(53)31(28-13-6-5-7-14-28)22-23-38(49)55-27-36-34-18-10-8-16-32(34)33-17-9-11-19-35(33)36/h8-11,16-19,28-31,36-37,39,50H,4-7,12-15,20-27,56H2,1-3H3,(H,45,51)(H,46,52)(H,47,54)/t29-,31+,37-,39?,44-/m0/s1. The second kappa shape index (κ2) is 18.9. The average Bonchev–Trinajstić information content (AvgIpc) is 3.98. The highest BCUT2D eigenvalue weighted by molar-refractivity contribution is 6.46. The van der Waals surface area contributed by atoms with Crippen LogP contribution >= 0.6 is 0 Å². The number of piperidine rings is 1. The van der Waals surface area contributed by atoms with Crippen molar-refractivity contribution >= 4 is 39.1 Å². The molecule has 2 aromatic rings. The minimum absolute atomic E-state index is 0.0163. The van der Waals surface area contributed by atoms with Crippen molar-refractivity contribution in [1.82, 2.24) is 20.9 Å². The lowest BCUT2D eigenvalue weighted by Gasteiger charge is -2.44. The topological polar surface area (TPSA) is 154 Å². The number of likely N-dealkylation sites (N-methyl/N-ethyl adjacent to an activating group) is 1. The Morgan fingerprint density at radius 3 is 2.23 bits per heavy atom. The van der Waals surface area contributed by atoms with Gasteiger partial charge in [-0.3, -0.25) is 24.0 Å². The predicted molar refractivity (Wildman–Crippen MR) is 218 cm³/mol. The maximum Gasteiger partial charge on any atom is 0.305 e. The second-order valence-electron chi connectivity index (χ2n) is 16.7. The van der Waals surface area contributed by atoms with Crippen LogP contribution in [0.4, 0.5) is 0 Å². The van der Waals surface area contributed by atoms with Crippen molar-refractivity contribution in [3.05, 3.63) is 59.7 Å². The monoisotopic (exact) mass is 786 g/mol. The Bertz CT molecular complexity index is 1680. The number of fused-ring (bicyclic) bond motifs is 3. The molecule has 1 unspecified atom stereocenters. The summed E-state index contributed by atoms with van der Waals surface area (Å²) in [5.41, 5.74) is 4.62. The van der Waals surface area contributed by atoms with Gasteiger partial charge in [0, 0.05) is 43.8 Å². The highest BCUT2D eigenvalue weighted by Crippen LogP contribution is 2.44. The van der Waals surface area contributed by atoms with Crippen molar-refractivity contribution in [2.45, 2.75) is 133 Å². The van der Waals surface area contributed by atoms with E-state index < -0.39 is 44.6 Å². The molecule has 2 aromatic carbocycles. The summed E-state index contributed by atoms with van der Waals surface area (Å²) in [5.74, 6) is -2.44. The molecule has 304 valence electrons. The molecule has 4 amide bonds. The summed E-state index contributed by atoms with van der Waals surface area (Å²) in [6.45, 7) is 4.81. The molecule has 11 nitrogen and oxygen atoms in total. The number of hydrogen-bond acceptors (Lipinski definition) is 7. The largest absolute Gasteiger partial charge is 0.465 e. The van der Waals surface area contributed by atoms with E-state index in [2.05, 4.69) is 40.2 Å². The van der Waals surface area contributed by atoms with Gasteiger partial charge in [-0.1, -0.05) is 87.7 Å². The SMILES string of the molecule is CCC[C@]([SiH2]C)(C(=O)N[C@@H](C[C@@H]1CCCNC1=O)C(O)C(=O)NC1CC1)N(C)C(=O)[C@H](CCC(=O)OCC1c2ccccc2-c2ccccc21)C1CCCCC1. The molecule has 0 bridgehead atoms. The molecule has 6 rings (SSSR count). The number of aliphatic hydroxyl groups is 1. The number of carbonyl (C=O) groups excluding carboxylic acids is 5. The molecule has 3 fully saturated rings. The Kier molecular flexibility index (Phi) is 14.1. The first-order valence-corrected chi connectivity index (χ1v) is 23.4. The predicted octanol–water partition coefficient (Wildman–Crippen LogP) is 4.53. The van der Waals surface area contributed by atoms with Crippen molar-refractivity contribution in [3.8, 4) is 11.1 Å². The minimum Gasteiger partial charge on any atom is -0.465 e. The summed E-state index contributed by atoms with van der Waals surface area (Å²) in [6, 6.07) is 15.5. The van der Waals surface area contributed by atoms with Crippen LogP contribution in [0, 0.1) is 17.8 Å². The first-order valence-electron chi connectivity index (χ1n) is 21.3. The Morgan fingerprint density at radius 2 is 1.62 bits per heavy atom. The van der Waals surface area contributed by atoms with Crippen LogP contribution < -0.4 is 16.0 Å². The van der Waals surface area contributed by atoms with Crippen LogP contribution in [0.5, 0.6) is 0 Å². The fourth-order valence-electron chi connectivity index (χ4n) is 9.57. The van der Waals surface area contributed by atoms with Crippen LogP contribution in [0.25, 0.3) is 11.1 Å². The van der Waals surface area contributed by atoms with Gasteiger partial charge in [-0.2, -0.15) is 0 Å². The lowest BCUT2D eigenvalue weighted by atomic mass is 9.77. The van der Waals surface area contributed by atoms with Crippen molar-refractivity contribution in [2.75, 3.05) is 20.2 Å². The Morgan fingerprint density at radius 1 is 0.964 bits per heavy atom. The maximum absolute atomic E-state index is 14.8. The minimum atomic E-state index is -1.54. The molecule has 56 heavy (non-hydrogen) atoms. The Balaban J connectivity index is 1.17. The van der Waals surface area contributed by atoms with Gasteiger partial charge in [-0.05, 0) is 86.0 Å². The second-order valence-corrected chi connectivity index (χ2v) is 18.5. The first-order chi connectivity index (χ1) is 27.1. The number of hydrogen-bond donors (Lipinski definition) is 4. The summed E-state index contributed by atoms with van der Waals surface area (Å²) < 4.78 is 5.96. The van der Waals surface area contributed by atoms with E-state index >= 15 is 0 Å². The first kappa shape index (κ1) is 41.6. The van der Waals surface area contributed by atoms with E-state index in [-0.39, 0.29) is 61.0 Å². The van der Waals surface area contributed by atoms with Crippen LogP contribution in [0.1, 0.15) is 114 Å². The van der Waals surface area contributed by atoms with E-state index in [1.165, 1.54) is 0 Å². The van der Waals surface area contributed by atoms with Gasteiger partial charge in [0.05, 0.1) is 15.6 Å². The van der Waals surface area contributed by atoms with E-state index in [0.717, 1.165) is 73.6 Å². The molecule has 1 saturated heterocycles. The zero-order valence-electron chi connectivity index (χ0n) is 33.5. The van der Waals surface area contributed by atoms with Crippen molar-refractivity contribution < 1.29 is 33.8 Å². The smallest absolute Gasteiger partial charge is 0.305 e. The number of aliphatic hydroxyl groups excluding tert-OH is 1. The fourth-order valence-corrected chi connectivity index (χ4v) is 11.3. The normalized spacial score (nSPS) is 21.2. The van der Waals surface area contributed by atoms with E-state index in [9.17, 15) is 29.1 Å². The van der Waals surface area contributed by atoms with Crippen molar-refractivity contribution in [2.24, 2.45) is 17.8 Å². The number of rotatable bonds is 18. The molecule has 3 aliphatic carbocycles. The molecule has 1 aliphatic heterocycles. The Hall–Kier alpha value is -4.03. The molecule has 12 heteroatoms. The van der Waals surface area contributed by atoms with Crippen LogP contribution in [-0.2, 0) is 28.7 Å². The van der Waals surface area contributed by atoms with Gasteiger partial charge in [-0.15, -0.1) is 0 Å². The summed E-state index contributed by atoms with van der Waals surface area (Å²) in [7, 11) is 0.441. The number of esters is 1. The number of benzene rings is 2. The van der Waals surface area contributed by atoms with Crippen molar-refractivity contribution in [1.29, 1.82) is 0 Å². The zero-order valence-corrected chi connectivity index (χ0v) is 34.9. The average molecular weight is 787 g/mol. The molecular weight excluding hydrogens is 725 g/mol. The molecule has 2 saturated carbocycles. The molecule has 5 atom stereocenters. The van der Waals surface area contributed by atoms with Gasteiger partial charge in [0.25, 0.3) is 5.91 Å². The van der Waals surface area contributed by atoms with Gasteiger partial charge in [-0.25, -0.2) is 0 Å². The third-order valence-electron chi connectivity index (χ3n) is 13.0. The molecule has 0 spiro atoms. The summed E-state index contributed by atoms with van der Waals surface area (Å²) in [6.07, 6.45) is 8.06. The third-order valence-corrected chi connectivity index (χ3v) is 15.4. The van der Waals surface area contributed by atoms with Crippen LogP contribution in [0.3, 0.4) is 0 Å². The van der Waals surface area contributed by atoms with Gasteiger partial charge in [0.2, 0.25) is 17.7 Å². The van der Waals surface area contributed by atoms with E-state index in [1.807, 2.05) is 37.7 Å². The van der Waals surface area contributed by atoms with Crippen molar-refractivity contribution in [3.63, 3.8) is 0 Å². The Labute approximate surface area is 334 Å². The number of carbonyl (C=O) groups is 5. The molecule has 0 radical (unpaired) electrons. The number of amides is 4.